The van der Waals surface area contributed by atoms with Crippen LogP contribution in [-0.2, 0) is 12.8 Å². The van der Waals surface area contributed by atoms with Crippen molar-refractivity contribution in [3.63, 3.8) is 0 Å². The number of hydrogen-bond acceptors (Lipinski definition) is 2. The lowest BCUT2D eigenvalue weighted by molar-refractivity contribution is 0.283. The first-order chi connectivity index (χ1) is 12.7. The van der Waals surface area contributed by atoms with E-state index >= 15 is 0 Å². The Labute approximate surface area is 159 Å². The predicted octanol–water partition coefficient (Wildman–Crippen LogP) is 5.08. The summed E-state index contributed by atoms with van der Waals surface area (Å²) in [6, 6.07) is 20.7. The number of benzene rings is 2. The molecule has 0 spiro atoms. The fraction of sp³-hybridized carbons (Fsp3) is 0.500. The van der Waals surface area contributed by atoms with Crippen molar-refractivity contribution in [1.82, 2.24) is 5.32 Å². The molecule has 0 aromatic heterocycles. The van der Waals surface area contributed by atoms with Crippen LogP contribution in [-0.4, -0.2) is 26.7 Å². The third-order valence-corrected chi connectivity index (χ3v) is 5.68. The summed E-state index contributed by atoms with van der Waals surface area (Å²) < 4.78 is 0. The summed E-state index contributed by atoms with van der Waals surface area (Å²) in [7, 11) is 4.20. The molecule has 0 radical (unpaired) electrons. The molecular weight excluding hydrogens is 316 g/mol. The highest BCUT2D eigenvalue weighted by Gasteiger charge is 2.21. The molecule has 2 aromatic carbocycles. The average molecular weight is 351 g/mol. The molecule has 26 heavy (non-hydrogen) atoms. The standard InChI is InChI=1S/C24H34N2/c1-26(2)24-15-13-21(14-16-24)18-22-10-6-12-23(19-22)25-17-7-11-20-8-4-3-5-9-20/h3-5,8-9,13-16,22-23,25H,6-7,10-12,17-19H2,1-2H3. The summed E-state index contributed by atoms with van der Waals surface area (Å²) in [5.74, 6) is 0.834. The lowest BCUT2D eigenvalue weighted by Gasteiger charge is -2.30. The molecule has 2 aromatic rings. The molecule has 1 fully saturated rings. The van der Waals surface area contributed by atoms with Gasteiger partial charge < -0.3 is 10.2 Å². The van der Waals surface area contributed by atoms with Gasteiger partial charge in [-0.2, -0.15) is 0 Å². The molecule has 2 unspecified atom stereocenters. The molecule has 0 bridgehead atoms. The number of anilines is 1. The Morgan fingerprint density at radius 3 is 2.42 bits per heavy atom. The van der Waals surface area contributed by atoms with Crippen LogP contribution in [0.25, 0.3) is 0 Å². The third kappa shape index (κ3) is 5.88. The van der Waals surface area contributed by atoms with Crippen LogP contribution in [0.5, 0.6) is 0 Å². The van der Waals surface area contributed by atoms with E-state index in [1.54, 1.807) is 0 Å². The van der Waals surface area contributed by atoms with Crippen molar-refractivity contribution in [1.29, 1.82) is 0 Å². The summed E-state index contributed by atoms with van der Waals surface area (Å²) in [5.41, 5.74) is 4.23. The van der Waals surface area contributed by atoms with Gasteiger partial charge in [-0.05, 0) is 67.8 Å². The molecule has 1 N–H and O–H groups in total. The summed E-state index contributed by atoms with van der Waals surface area (Å²) in [5, 5.41) is 3.82. The van der Waals surface area contributed by atoms with Crippen LogP contribution >= 0.6 is 0 Å². The molecule has 2 nitrogen and oxygen atoms in total. The summed E-state index contributed by atoms with van der Waals surface area (Å²) in [6.07, 6.45) is 9.09. The lowest BCUT2D eigenvalue weighted by atomic mass is 9.82. The second-order valence-electron chi connectivity index (χ2n) is 8.04. The normalized spacial score (nSPS) is 20.1. The van der Waals surface area contributed by atoms with E-state index in [9.17, 15) is 0 Å². The Morgan fingerprint density at radius 2 is 1.69 bits per heavy atom. The molecule has 0 heterocycles. The number of aryl methyl sites for hydroxylation is 1. The van der Waals surface area contributed by atoms with Crippen molar-refractivity contribution in [3.05, 3.63) is 65.7 Å². The number of nitrogens with zero attached hydrogens (tertiary/aromatic N) is 1. The summed E-state index contributed by atoms with van der Waals surface area (Å²) >= 11 is 0. The van der Waals surface area contributed by atoms with Crippen molar-refractivity contribution < 1.29 is 0 Å². The van der Waals surface area contributed by atoms with E-state index in [1.165, 1.54) is 61.8 Å². The van der Waals surface area contributed by atoms with Gasteiger partial charge in [-0.1, -0.05) is 55.3 Å². The first-order valence-electron chi connectivity index (χ1n) is 10.2. The third-order valence-electron chi connectivity index (χ3n) is 5.68. The quantitative estimate of drug-likeness (QED) is 0.668. The monoisotopic (exact) mass is 350 g/mol. The van der Waals surface area contributed by atoms with E-state index in [1.807, 2.05) is 0 Å². The van der Waals surface area contributed by atoms with Gasteiger partial charge in [0.05, 0.1) is 0 Å². The Balaban J connectivity index is 1.39. The zero-order valence-electron chi connectivity index (χ0n) is 16.5. The number of nitrogens with one attached hydrogen (secondary N) is 1. The van der Waals surface area contributed by atoms with Gasteiger partial charge in [0.15, 0.2) is 0 Å². The van der Waals surface area contributed by atoms with Crippen molar-refractivity contribution in [2.24, 2.45) is 5.92 Å². The second-order valence-corrected chi connectivity index (χ2v) is 8.04. The minimum absolute atomic E-state index is 0.713. The van der Waals surface area contributed by atoms with Crippen molar-refractivity contribution >= 4 is 5.69 Å². The minimum atomic E-state index is 0.713. The molecule has 0 saturated heterocycles. The number of hydrogen-bond donors (Lipinski definition) is 1. The highest BCUT2D eigenvalue weighted by Crippen LogP contribution is 2.28. The average Bonchev–Trinajstić information content (AvgIpc) is 2.67. The second kappa shape index (κ2) is 9.78. The molecular formula is C24H34N2. The van der Waals surface area contributed by atoms with E-state index in [-0.39, 0.29) is 0 Å². The van der Waals surface area contributed by atoms with Gasteiger partial charge >= 0.3 is 0 Å². The summed E-state index contributed by atoms with van der Waals surface area (Å²) in [4.78, 5) is 2.17. The Morgan fingerprint density at radius 1 is 0.923 bits per heavy atom. The van der Waals surface area contributed by atoms with E-state index in [2.05, 4.69) is 78.9 Å². The van der Waals surface area contributed by atoms with E-state index in [0.29, 0.717) is 6.04 Å². The maximum Gasteiger partial charge on any atom is 0.0361 e. The van der Waals surface area contributed by atoms with E-state index < -0.39 is 0 Å². The molecule has 1 aliphatic rings. The van der Waals surface area contributed by atoms with Crippen LogP contribution in [0.2, 0.25) is 0 Å². The molecule has 3 rings (SSSR count). The Kier molecular flexibility index (Phi) is 7.13. The van der Waals surface area contributed by atoms with Gasteiger partial charge in [0, 0.05) is 25.8 Å². The summed E-state index contributed by atoms with van der Waals surface area (Å²) in [6.45, 7) is 1.14. The fourth-order valence-electron chi connectivity index (χ4n) is 4.17. The van der Waals surface area contributed by atoms with Gasteiger partial charge in [0.1, 0.15) is 0 Å². The molecule has 2 heteroatoms. The highest BCUT2D eigenvalue weighted by molar-refractivity contribution is 5.46. The Bertz CT molecular complexity index is 633. The molecule has 140 valence electrons. The highest BCUT2D eigenvalue weighted by atomic mass is 15.1. The van der Waals surface area contributed by atoms with Gasteiger partial charge in [-0.3, -0.25) is 0 Å². The molecule has 1 aliphatic carbocycles. The van der Waals surface area contributed by atoms with Crippen LogP contribution in [0.4, 0.5) is 5.69 Å². The maximum absolute atomic E-state index is 3.82. The topological polar surface area (TPSA) is 15.3 Å². The van der Waals surface area contributed by atoms with Crippen LogP contribution < -0.4 is 10.2 Å². The van der Waals surface area contributed by atoms with Crippen LogP contribution in [0, 0.1) is 5.92 Å². The molecule has 2 atom stereocenters. The number of rotatable bonds is 8. The molecule has 0 aliphatic heterocycles. The van der Waals surface area contributed by atoms with Crippen molar-refractivity contribution in [3.8, 4) is 0 Å². The van der Waals surface area contributed by atoms with Gasteiger partial charge in [-0.25, -0.2) is 0 Å². The van der Waals surface area contributed by atoms with Gasteiger partial charge in [0.25, 0.3) is 0 Å². The molecule has 0 amide bonds. The minimum Gasteiger partial charge on any atom is -0.378 e. The van der Waals surface area contributed by atoms with Crippen molar-refractivity contribution in [2.45, 2.75) is 51.0 Å². The van der Waals surface area contributed by atoms with E-state index in [4.69, 9.17) is 0 Å². The predicted molar refractivity (Wildman–Crippen MR) is 113 cm³/mol. The van der Waals surface area contributed by atoms with Crippen LogP contribution in [0.3, 0.4) is 0 Å². The van der Waals surface area contributed by atoms with E-state index in [0.717, 1.165) is 12.5 Å². The SMILES string of the molecule is CN(C)c1ccc(CC2CCCC(NCCCc3ccccc3)C2)cc1. The van der Waals surface area contributed by atoms with Gasteiger partial charge in [-0.15, -0.1) is 0 Å². The van der Waals surface area contributed by atoms with Gasteiger partial charge in [0.2, 0.25) is 0 Å². The van der Waals surface area contributed by atoms with Crippen LogP contribution in [0.1, 0.15) is 43.2 Å². The maximum atomic E-state index is 3.82. The smallest absolute Gasteiger partial charge is 0.0361 e. The first kappa shape index (κ1) is 19.0. The fourth-order valence-corrected chi connectivity index (χ4v) is 4.17. The zero-order valence-corrected chi connectivity index (χ0v) is 16.5. The Hall–Kier alpha value is -1.80. The molecule has 1 saturated carbocycles. The first-order valence-corrected chi connectivity index (χ1v) is 10.2. The van der Waals surface area contributed by atoms with Crippen molar-refractivity contribution in [2.75, 3.05) is 25.5 Å². The zero-order chi connectivity index (χ0) is 18.2. The largest absolute Gasteiger partial charge is 0.378 e. The lowest BCUT2D eigenvalue weighted by Crippen LogP contribution is -2.35. The van der Waals surface area contributed by atoms with Crippen LogP contribution in [0.15, 0.2) is 54.6 Å².